The van der Waals surface area contributed by atoms with Gasteiger partial charge in [0.2, 0.25) is 0 Å². The van der Waals surface area contributed by atoms with Crippen molar-refractivity contribution in [2.75, 3.05) is 38.1 Å². The van der Waals surface area contributed by atoms with Crippen molar-refractivity contribution in [1.82, 2.24) is 10.6 Å². The van der Waals surface area contributed by atoms with Crippen molar-refractivity contribution in [1.29, 1.82) is 0 Å². The van der Waals surface area contributed by atoms with Crippen molar-refractivity contribution < 1.29 is 22.8 Å². The first-order valence-corrected chi connectivity index (χ1v) is 8.86. The Bertz CT molecular complexity index is 876. The molecule has 0 aromatic heterocycles. The van der Waals surface area contributed by atoms with Gasteiger partial charge in [-0.1, -0.05) is 30.3 Å². The summed E-state index contributed by atoms with van der Waals surface area (Å²) in [6.07, 6.45) is -4.73. The minimum absolute atomic E-state index is 0.0320. The summed E-state index contributed by atoms with van der Waals surface area (Å²) < 4.78 is 41.4. The summed E-state index contributed by atoms with van der Waals surface area (Å²) in [5, 5.41) is 5.57. The van der Waals surface area contributed by atoms with Gasteiger partial charge in [0.15, 0.2) is 5.78 Å². The largest absolute Gasteiger partial charge is 0.417 e. The highest BCUT2D eigenvalue weighted by Crippen LogP contribution is 2.39. The Labute approximate surface area is 160 Å². The van der Waals surface area contributed by atoms with Gasteiger partial charge in [-0.25, -0.2) is 0 Å². The number of hydrogen-bond donors (Lipinski definition) is 2. The third-order valence-electron chi connectivity index (χ3n) is 4.65. The van der Waals surface area contributed by atoms with Crippen LogP contribution in [0.3, 0.4) is 0 Å². The smallest absolute Gasteiger partial charge is 0.368 e. The second kappa shape index (κ2) is 8.02. The Morgan fingerprint density at radius 2 is 1.68 bits per heavy atom. The Kier molecular flexibility index (Phi) is 5.69. The van der Waals surface area contributed by atoms with Gasteiger partial charge in [0.25, 0.3) is 5.91 Å². The molecule has 0 saturated carbocycles. The van der Waals surface area contributed by atoms with Crippen LogP contribution in [0.5, 0.6) is 0 Å². The molecule has 28 heavy (non-hydrogen) atoms. The fourth-order valence-electron chi connectivity index (χ4n) is 3.33. The van der Waals surface area contributed by atoms with Gasteiger partial charge < -0.3 is 15.5 Å². The summed E-state index contributed by atoms with van der Waals surface area (Å²) >= 11 is 0. The zero-order chi connectivity index (χ0) is 20.3. The summed E-state index contributed by atoms with van der Waals surface area (Å²) in [6, 6.07) is 9.75. The van der Waals surface area contributed by atoms with Gasteiger partial charge >= 0.3 is 6.18 Å². The Balaban J connectivity index is 2.30. The normalized spacial score (nSPS) is 14.6. The third kappa shape index (κ3) is 3.87. The monoisotopic (exact) mass is 391 g/mol. The van der Waals surface area contributed by atoms with E-state index in [1.54, 1.807) is 23.1 Å². The van der Waals surface area contributed by atoms with Crippen LogP contribution in [0.1, 0.15) is 31.8 Å². The lowest BCUT2D eigenvalue weighted by molar-refractivity contribution is -0.137. The SMILES string of the molecule is CNC(=O)c1ccc(C(F)(F)F)c(C(=O)c2ccccc2)c1N1CCNCC1. The second-order valence-electron chi connectivity index (χ2n) is 6.39. The van der Waals surface area contributed by atoms with Crippen molar-refractivity contribution in [2.24, 2.45) is 0 Å². The molecule has 0 atom stereocenters. The molecule has 0 spiro atoms. The highest BCUT2D eigenvalue weighted by molar-refractivity contribution is 6.16. The quantitative estimate of drug-likeness (QED) is 0.787. The highest BCUT2D eigenvalue weighted by atomic mass is 19.4. The maximum Gasteiger partial charge on any atom is 0.417 e. The van der Waals surface area contributed by atoms with Gasteiger partial charge in [0, 0.05) is 38.8 Å². The molecule has 2 aromatic carbocycles. The van der Waals surface area contributed by atoms with E-state index in [0.717, 1.165) is 12.1 Å². The summed E-state index contributed by atoms with van der Waals surface area (Å²) in [5.41, 5.74) is -1.30. The van der Waals surface area contributed by atoms with E-state index in [0.29, 0.717) is 26.2 Å². The van der Waals surface area contributed by atoms with Gasteiger partial charge in [-0.3, -0.25) is 9.59 Å². The van der Waals surface area contributed by atoms with Crippen LogP contribution in [-0.4, -0.2) is 44.9 Å². The van der Waals surface area contributed by atoms with E-state index >= 15 is 0 Å². The molecule has 8 heteroatoms. The number of nitrogens with one attached hydrogen (secondary N) is 2. The van der Waals surface area contributed by atoms with Crippen LogP contribution in [-0.2, 0) is 6.18 Å². The number of rotatable bonds is 4. The van der Waals surface area contributed by atoms with Crippen LogP contribution in [0.2, 0.25) is 0 Å². The number of carbonyl (C=O) groups excluding carboxylic acids is 2. The number of carbonyl (C=O) groups is 2. The Hall–Kier alpha value is -2.87. The number of ketones is 1. The van der Waals surface area contributed by atoms with Crippen LogP contribution < -0.4 is 15.5 Å². The number of piperazine rings is 1. The summed E-state index contributed by atoms with van der Waals surface area (Å²) in [4.78, 5) is 27.2. The predicted octanol–water partition coefficient (Wildman–Crippen LogP) is 2.71. The number of anilines is 1. The molecule has 148 valence electrons. The molecule has 0 radical (unpaired) electrons. The molecule has 0 unspecified atom stereocenters. The number of amides is 1. The predicted molar refractivity (Wildman–Crippen MR) is 99.8 cm³/mol. The van der Waals surface area contributed by atoms with E-state index in [2.05, 4.69) is 10.6 Å². The molecule has 0 bridgehead atoms. The Morgan fingerprint density at radius 1 is 1.04 bits per heavy atom. The lowest BCUT2D eigenvalue weighted by Crippen LogP contribution is -2.45. The molecule has 1 aliphatic heterocycles. The first-order chi connectivity index (χ1) is 13.3. The van der Waals surface area contributed by atoms with E-state index in [9.17, 15) is 22.8 Å². The molecular formula is C20H20F3N3O2. The summed E-state index contributed by atoms with van der Waals surface area (Å²) in [5.74, 6) is -1.29. The topological polar surface area (TPSA) is 61.4 Å². The van der Waals surface area contributed by atoms with E-state index < -0.39 is 29.0 Å². The molecule has 2 aromatic rings. The highest BCUT2D eigenvalue weighted by Gasteiger charge is 2.39. The second-order valence-corrected chi connectivity index (χ2v) is 6.39. The summed E-state index contributed by atoms with van der Waals surface area (Å²) in [6.45, 7) is 1.87. The number of hydrogen-bond acceptors (Lipinski definition) is 4. The van der Waals surface area contributed by atoms with E-state index in [1.165, 1.54) is 19.2 Å². The van der Waals surface area contributed by atoms with Crippen molar-refractivity contribution in [3.05, 3.63) is 64.7 Å². The number of benzene rings is 2. The zero-order valence-electron chi connectivity index (χ0n) is 15.3. The average molecular weight is 391 g/mol. The molecule has 1 heterocycles. The van der Waals surface area contributed by atoms with Crippen molar-refractivity contribution in [2.45, 2.75) is 6.18 Å². The van der Waals surface area contributed by atoms with E-state index in [4.69, 9.17) is 0 Å². The van der Waals surface area contributed by atoms with Gasteiger partial charge in [0.05, 0.1) is 22.4 Å². The molecule has 5 nitrogen and oxygen atoms in total. The minimum Gasteiger partial charge on any atom is -0.368 e. The number of halogens is 3. The van der Waals surface area contributed by atoms with Crippen molar-refractivity contribution in [3.63, 3.8) is 0 Å². The molecule has 0 aliphatic carbocycles. The Morgan fingerprint density at radius 3 is 2.25 bits per heavy atom. The molecule has 1 amide bonds. The molecular weight excluding hydrogens is 371 g/mol. The average Bonchev–Trinajstić information content (AvgIpc) is 2.72. The summed E-state index contributed by atoms with van der Waals surface area (Å²) in [7, 11) is 1.40. The number of alkyl halides is 3. The third-order valence-corrected chi connectivity index (χ3v) is 4.65. The molecule has 3 rings (SSSR count). The van der Waals surface area contributed by atoms with Gasteiger partial charge in [-0.05, 0) is 12.1 Å². The van der Waals surface area contributed by atoms with E-state index in [1.807, 2.05) is 0 Å². The lowest BCUT2D eigenvalue weighted by Gasteiger charge is -2.33. The van der Waals surface area contributed by atoms with Gasteiger partial charge in [-0.15, -0.1) is 0 Å². The van der Waals surface area contributed by atoms with Gasteiger partial charge in [-0.2, -0.15) is 13.2 Å². The fraction of sp³-hybridized carbons (Fsp3) is 0.300. The van der Waals surface area contributed by atoms with Crippen LogP contribution in [0, 0.1) is 0 Å². The number of nitrogens with zero attached hydrogens (tertiary/aromatic N) is 1. The fourth-order valence-corrected chi connectivity index (χ4v) is 3.33. The first kappa shape index (κ1) is 19.9. The first-order valence-electron chi connectivity index (χ1n) is 8.86. The molecule has 1 aliphatic rings. The molecule has 1 fully saturated rings. The van der Waals surface area contributed by atoms with Crippen molar-refractivity contribution in [3.8, 4) is 0 Å². The lowest BCUT2D eigenvalue weighted by atomic mass is 9.92. The molecule has 2 N–H and O–H groups in total. The van der Waals surface area contributed by atoms with Crippen LogP contribution in [0.15, 0.2) is 42.5 Å². The maximum atomic E-state index is 13.8. The van der Waals surface area contributed by atoms with Gasteiger partial charge in [0.1, 0.15) is 0 Å². The standard InChI is InChI=1S/C20H20F3N3O2/c1-24-19(28)14-7-8-15(20(21,22)23)16(17(14)26-11-9-25-10-12-26)18(27)13-5-3-2-4-6-13/h2-8,25H,9-12H2,1H3,(H,24,28). The minimum atomic E-state index is -4.73. The molecule has 1 saturated heterocycles. The van der Waals surface area contributed by atoms with Crippen molar-refractivity contribution >= 4 is 17.4 Å². The van der Waals surface area contributed by atoms with Crippen LogP contribution in [0.25, 0.3) is 0 Å². The zero-order valence-corrected chi connectivity index (χ0v) is 15.3. The van der Waals surface area contributed by atoms with E-state index in [-0.39, 0.29) is 16.8 Å². The van der Waals surface area contributed by atoms with Crippen LogP contribution >= 0.6 is 0 Å². The van der Waals surface area contributed by atoms with Crippen LogP contribution in [0.4, 0.5) is 18.9 Å². The maximum absolute atomic E-state index is 13.8.